The summed E-state index contributed by atoms with van der Waals surface area (Å²) in [4.78, 5) is 22.5. The van der Waals surface area contributed by atoms with Crippen molar-refractivity contribution < 1.29 is 19.8 Å². The van der Waals surface area contributed by atoms with E-state index in [4.69, 9.17) is 0 Å². The summed E-state index contributed by atoms with van der Waals surface area (Å²) < 4.78 is 0. The van der Waals surface area contributed by atoms with E-state index in [1.165, 1.54) is 0 Å². The van der Waals surface area contributed by atoms with Crippen molar-refractivity contribution in [3.05, 3.63) is 0 Å². The molecule has 0 aromatic heterocycles. The molecule has 16 heavy (non-hydrogen) atoms. The predicted octanol–water partition coefficient (Wildman–Crippen LogP) is 1.45. The summed E-state index contributed by atoms with van der Waals surface area (Å²) in [7, 11) is 0. The Morgan fingerprint density at radius 1 is 0.688 bits per heavy atom. The van der Waals surface area contributed by atoms with Crippen LogP contribution in [0.25, 0.3) is 0 Å². The average molecular weight is 224 g/mol. The number of hydrogen-bond acceptors (Lipinski definition) is 2. The van der Waals surface area contributed by atoms with Gasteiger partial charge in [0.1, 0.15) is 0 Å². The van der Waals surface area contributed by atoms with Crippen LogP contribution in [0.3, 0.4) is 0 Å². The van der Waals surface area contributed by atoms with E-state index in [9.17, 15) is 19.8 Å². The summed E-state index contributed by atoms with van der Waals surface area (Å²) in [5.74, 6) is -1.41. The second-order valence-electron chi connectivity index (χ2n) is 5.54. The summed E-state index contributed by atoms with van der Waals surface area (Å²) in [6.07, 6.45) is 3.69. The monoisotopic (exact) mass is 224 g/mol. The molecule has 3 aliphatic carbocycles. The molecule has 3 rings (SSSR count). The van der Waals surface area contributed by atoms with E-state index >= 15 is 0 Å². The Morgan fingerprint density at radius 3 is 1.12 bits per heavy atom. The zero-order chi connectivity index (χ0) is 11.4. The fourth-order valence-corrected chi connectivity index (χ4v) is 4.78. The van der Waals surface area contributed by atoms with Gasteiger partial charge in [-0.2, -0.15) is 0 Å². The molecule has 0 unspecified atom stereocenters. The molecule has 0 aromatic rings. The molecule has 0 aromatic carbocycles. The second kappa shape index (κ2) is 3.22. The van der Waals surface area contributed by atoms with Crippen LogP contribution in [-0.4, -0.2) is 22.2 Å². The van der Waals surface area contributed by atoms with Crippen LogP contribution in [-0.2, 0) is 9.59 Å². The number of carboxylic acids is 2. The van der Waals surface area contributed by atoms with Crippen LogP contribution in [0.1, 0.15) is 25.7 Å². The number of hydrogen-bond donors (Lipinski definition) is 2. The molecular formula is C12H16O4. The van der Waals surface area contributed by atoms with Crippen LogP contribution in [0.15, 0.2) is 0 Å². The Balaban J connectivity index is 1.97. The molecule has 0 saturated heterocycles. The van der Waals surface area contributed by atoms with Gasteiger partial charge in [-0.15, -0.1) is 0 Å². The minimum Gasteiger partial charge on any atom is -0.481 e. The molecule has 0 radical (unpaired) electrons. The summed E-state index contributed by atoms with van der Waals surface area (Å²) in [6, 6.07) is 0. The molecule has 0 heterocycles. The first-order chi connectivity index (χ1) is 7.61. The van der Waals surface area contributed by atoms with Crippen molar-refractivity contribution >= 4 is 11.9 Å². The molecule has 3 aliphatic rings. The Bertz CT molecular complexity index is 297. The predicted molar refractivity (Wildman–Crippen MR) is 54.7 cm³/mol. The SMILES string of the molecule is O=C(O)C1[C@H]2CC[C@H]1[C@@H]1CC[C@@H]2C1C(=O)O. The highest BCUT2D eigenvalue weighted by atomic mass is 16.4. The van der Waals surface area contributed by atoms with Crippen molar-refractivity contribution in [1.29, 1.82) is 0 Å². The van der Waals surface area contributed by atoms with Gasteiger partial charge < -0.3 is 10.2 Å². The van der Waals surface area contributed by atoms with Gasteiger partial charge in [0.05, 0.1) is 11.8 Å². The maximum atomic E-state index is 11.3. The molecule has 4 bridgehead atoms. The first kappa shape index (κ1) is 10.1. The lowest BCUT2D eigenvalue weighted by atomic mass is 9.65. The summed E-state index contributed by atoms with van der Waals surface area (Å²) >= 11 is 0. The summed E-state index contributed by atoms with van der Waals surface area (Å²) in [5.41, 5.74) is 0. The average Bonchev–Trinajstić information content (AvgIpc) is 2.68. The number of carboxylic acid groups (broad SMARTS) is 2. The van der Waals surface area contributed by atoms with Gasteiger partial charge in [-0.1, -0.05) is 0 Å². The number of fused-ring (bicyclic) bond motifs is 6. The van der Waals surface area contributed by atoms with Gasteiger partial charge in [-0.3, -0.25) is 9.59 Å². The van der Waals surface area contributed by atoms with E-state index in [1.54, 1.807) is 0 Å². The third kappa shape index (κ3) is 1.10. The molecule has 0 aliphatic heterocycles. The lowest BCUT2D eigenvalue weighted by Crippen LogP contribution is -2.43. The van der Waals surface area contributed by atoms with Gasteiger partial charge in [0.2, 0.25) is 0 Å². The van der Waals surface area contributed by atoms with Crippen LogP contribution in [0.4, 0.5) is 0 Å². The van der Waals surface area contributed by atoms with Crippen molar-refractivity contribution in [3.8, 4) is 0 Å². The molecule has 2 N–H and O–H groups in total. The van der Waals surface area contributed by atoms with Gasteiger partial charge >= 0.3 is 11.9 Å². The zero-order valence-electron chi connectivity index (χ0n) is 9.00. The lowest BCUT2D eigenvalue weighted by Gasteiger charge is -2.37. The van der Waals surface area contributed by atoms with E-state index in [1.807, 2.05) is 0 Å². The van der Waals surface area contributed by atoms with E-state index < -0.39 is 11.9 Å². The minimum atomic E-state index is -0.701. The van der Waals surface area contributed by atoms with Gasteiger partial charge in [-0.05, 0) is 49.4 Å². The van der Waals surface area contributed by atoms with Gasteiger partial charge in [-0.25, -0.2) is 0 Å². The van der Waals surface area contributed by atoms with Gasteiger partial charge in [0.25, 0.3) is 0 Å². The maximum absolute atomic E-state index is 11.3. The molecule has 4 nitrogen and oxygen atoms in total. The molecule has 0 spiro atoms. The number of carbonyl (C=O) groups is 2. The van der Waals surface area contributed by atoms with E-state index in [0.29, 0.717) is 0 Å². The number of rotatable bonds is 2. The third-order valence-corrected chi connectivity index (χ3v) is 5.18. The largest absolute Gasteiger partial charge is 0.481 e. The van der Waals surface area contributed by atoms with Crippen molar-refractivity contribution in [1.82, 2.24) is 0 Å². The molecule has 4 atom stereocenters. The molecule has 3 fully saturated rings. The lowest BCUT2D eigenvalue weighted by molar-refractivity contribution is -0.156. The molecule has 88 valence electrons. The van der Waals surface area contributed by atoms with Crippen molar-refractivity contribution in [2.45, 2.75) is 25.7 Å². The molecule has 3 saturated carbocycles. The quantitative estimate of drug-likeness (QED) is 0.744. The normalized spacial score (nSPS) is 49.2. The Kier molecular flexibility index (Phi) is 2.03. The Morgan fingerprint density at radius 2 is 0.938 bits per heavy atom. The Labute approximate surface area is 93.6 Å². The van der Waals surface area contributed by atoms with Crippen molar-refractivity contribution in [2.75, 3.05) is 0 Å². The fraction of sp³-hybridized carbons (Fsp3) is 0.833. The fourth-order valence-electron chi connectivity index (χ4n) is 4.78. The second-order valence-corrected chi connectivity index (χ2v) is 5.54. The van der Waals surface area contributed by atoms with Crippen LogP contribution < -0.4 is 0 Å². The third-order valence-electron chi connectivity index (χ3n) is 5.18. The van der Waals surface area contributed by atoms with Crippen molar-refractivity contribution in [2.24, 2.45) is 35.5 Å². The minimum absolute atomic E-state index is 0.127. The van der Waals surface area contributed by atoms with Crippen LogP contribution in [0.2, 0.25) is 0 Å². The van der Waals surface area contributed by atoms with E-state index in [-0.39, 0.29) is 35.5 Å². The summed E-state index contributed by atoms with van der Waals surface area (Å²) in [6.45, 7) is 0. The highest BCUT2D eigenvalue weighted by Crippen LogP contribution is 2.61. The van der Waals surface area contributed by atoms with E-state index in [2.05, 4.69) is 0 Å². The molecule has 0 amide bonds. The Hall–Kier alpha value is -1.06. The highest BCUT2D eigenvalue weighted by Gasteiger charge is 2.61. The number of aliphatic carboxylic acids is 2. The van der Waals surface area contributed by atoms with Crippen LogP contribution >= 0.6 is 0 Å². The van der Waals surface area contributed by atoms with Crippen molar-refractivity contribution in [3.63, 3.8) is 0 Å². The smallest absolute Gasteiger partial charge is 0.307 e. The molecular weight excluding hydrogens is 208 g/mol. The molecule has 4 heteroatoms. The highest BCUT2D eigenvalue weighted by molar-refractivity contribution is 5.75. The topological polar surface area (TPSA) is 74.6 Å². The van der Waals surface area contributed by atoms with Gasteiger partial charge in [0.15, 0.2) is 0 Å². The first-order valence-electron chi connectivity index (χ1n) is 6.07. The first-order valence-corrected chi connectivity index (χ1v) is 6.07. The van der Waals surface area contributed by atoms with Crippen LogP contribution in [0, 0.1) is 35.5 Å². The summed E-state index contributed by atoms with van der Waals surface area (Å²) in [5, 5.41) is 18.5. The maximum Gasteiger partial charge on any atom is 0.307 e. The van der Waals surface area contributed by atoms with Gasteiger partial charge in [0, 0.05) is 0 Å². The van der Waals surface area contributed by atoms with E-state index in [0.717, 1.165) is 25.7 Å². The standard InChI is InChI=1S/C12H16O4/c13-11(14)9-5-1-2-6(9)8-4-3-7(5)10(8)12(15)16/h5-10H,1-4H2,(H,13,14)(H,15,16)/t5-,6-,7-,8-,9?,10?/m0/s1. The zero-order valence-corrected chi connectivity index (χ0v) is 9.00. The van der Waals surface area contributed by atoms with Crippen LogP contribution in [0.5, 0.6) is 0 Å².